The molecule has 0 radical (unpaired) electrons. The van der Waals surface area contributed by atoms with Crippen molar-refractivity contribution in [1.29, 1.82) is 0 Å². The molecule has 1 atom stereocenters. The Hall–Kier alpha value is -2.25. The normalized spacial score (nSPS) is 20.8. The van der Waals surface area contributed by atoms with Gasteiger partial charge in [-0.3, -0.25) is 4.79 Å². The summed E-state index contributed by atoms with van der Waals surface area (Å²) in [6, 6.07) is 6.68. The first-order valence-electron chi connectivity index (χ1n) is 9.32. The third kappa shape index (κ3) is 4.20. The fourth-order valence-corrected chi connectivity index (χ4v) is 3.85. The van der Waals surface area contributed by atoms with Crippen LogP contribution >= 0.6 is 0 Å². The Morgan fingerprint density at radius 3 is 3.00 bits per heavy atom. The van der Waals surface area contributed by atoms with Gasteiger partial charge in [-0.15, -0.1) is 0 Å². The summed E-state index contributed by atoms with van der Waals surface area (Å²) in [5, 5.41) is 0. The number of nitrogens with zero attached hydrogens (tertiary/aromatic N) is 3. The number of rotatable bonds is 7. The molecule has 1 spiro atoms. The molecule has 3 heterocycles. The maximum Gasteiger partial charge on any atom is 0.242 e. The van der Waals surface area contributed by atoms with E-state index in [4.69, 9.17) is 9.47 Å². The highest BCUT2D eigenvalue weighted by molar-refractivity contribution is 5.77. The summed E-state index contributed by atoms with van der Waals surface area (Å²) >= 11 is 0. The van der Waals surface area contributed by atoms with Crippen molar-refractivity contribution in [3.8, 4) is 0 Å². The van der Waals surface area contributed by atoms with Gasteiger partial charge in [0.1, 0.15) is 18.0 Å². The summed E-state index contributed by atoms with van der Waals surface area (Å²) in [7, 11) is 0. The van der Waals surface area contributed by atoms with Crippen LogP contribution in [0.25, 0.3) is 0 Å². The van der Waals surface area contributed by atoms with Crippen LogP contribution in [-0.2, 0) is 27.4 Å². The van der Waals surface area contributed by atoms with Gasteiger partial charge in [-0.05, 0) is 24.8 Å². The van der Waals surface area contributed by atoms with Crippen LogP contribution in [0.3, 0.4) is 0 Å². The Morgan fingerprint density at radius 2 is 2.22 bits per heavy atom. The fourth-order valence-electron chi connectivity index (χ4n) is 3.85. The van der Waals surface area contributed by atoms with E-state index in [1.165, 1.54) is 6.07 Å². The molecule has 144 valence electrons. The molecule has 1 aromatic carbocycles. The van der Waals surface area contributed by atoms with E-state index in [2.05, 4.69) is 4.98 Å². The number of likely N-dealkylation sites (tertiary alicyclic amines) is 1. The van der Waals surface area contributed by atoms with E-state index in [1.54, 1.807) is 35.4 Å². The number of imidazole rings is 1. The molecule has 27 heavy (non-hydrogen) atoms. The third-order valence-electron chi connectivity index (χ3n) is 5.36. The molecule has 2 aromatic rings. The number of benzene rings is 1. The minimum Gasteiger partial charge on any atom is -0.377 e. The number of carbonyl (C=O) groups is 1. The number of hydrogen-bond donors (Lipinski definition) is 0. The van der Waals surface area contributed by atoms with E-state index in [0.29, 0.717) is 50.9 Å². The van der Waals surface area contributed by atoms with Crippen LogP contribution in [0.1, 0.15) is 18.4 Å². The molecule has 0 bridgehead atoms. The van der Waals surface area contributed by atoms with Crippen LogP contribution in [0.2, 0.25) is 0 Å². The van der Waals surface area contributed by atoms with Crippen LogP contribution in [0, 0.1) is 11.7 Å². The predicted octanol–water partition coefficient (Wildman–Crippen LogP) is 2.25. The van der Waals surface area contributed by atoms with Crippen molar-refractivity contribution >= 4 is 5.91 Å². The topological polar surface area (TPSA) is 56.6 Å². The van der Waals surface area contributed by atoms with Crippen LogP contribution in [0.15, 0.2) is 43.0 Å². The van der Waals surface area contributed by atoms with Gasteiger partial charge < -0.3 is 18.9 Å². The smallest absolute Gasteiger partial charge is 0.242 e. The van der Waals surface area contributed by atoms with Crippen molar-refractivity contribution in [3.63, 3.8) is 0 Å². The first-order valence-corrected chi connectivity index (χ1v) is 9.32. The number of hydrogen-bond acceptors (Lipinski definition) is 4. The first kappa shape index (κ1) is 18.1. The molecule has 0 saturated carbocycles. The van der Waals surface area contributed by atoms with Crippen LogP contribution < -0.4 is 0 Å². The second-order valence-corrected chi connectivity index (χ2v) is 7.48. The molecule has 1 amide bonds. The largest absolute Gasteiger partial charge is 0.377 e. The zero-order valence-electron chi connectivity index (χ0n) is 15.2. The van der Waals surface area contributed by atoms with Gasteiger partial charge in [-0.25, -0.2) is 9.37 Å². The Bertz CT molecular complexity index is 775. The van der Waals surface area contributed by atoms with Gasteiger partial charge in [0, 0.05) is 24.6 Å². The molecule has 7 heteroatoms. The molecule has 2 saturated heterocycles. The molecule has 2 aliphatic heterocycles. The van der Waals surface area contributed by atoms with Crippen LogP contribution in [-0.4, -0.2) is 52.3 Å². The number of ether oxygens (including phenoxy) is 2. The van der Waals surface area contributed by atoms with Crippen molar-refractivity contribution in [1.82, 2.24) is 14.5 Å². The average molecular weight is 373 g/mol. The van der Waals surface area contributed by atoms with Crippen molar-refractivity contribution in [2.45, 2.75) is 31.6 Å². The van der Waals surface area contributed by atoms with Gasteiger partial charge in [0.2, 0.25) is 5.91 Å². The summed E-state index contributed by atoms with van der Waals surface area (Å²) < 4.78 is 27.0. The molecule has 0 N–H and O–H groups in total. The highest BCUT2D eigenvalue weighted by Gasteiger charge is 2.50. The lowest BCUT2D eigenvalue weighted by molar-refractivity contribution is -0.158. The van der Waals surface area contributed by atoms with E-state index in [1.807, 2.05) is 11.0 Å². The molecule has 1 unspecified atom stereocenters. The number of halogens is 1. The van der Waals surface area contributed by atoms with E-state index >= 15 is 0 Å². The zero-order chi connectivity index (χ0) is 18.7. The standard InChI is InChI=1S/C20H24FN3O3/c21-18-4-2-1-3-17(18)12-26-8-5-16-9-20(27-11-16)13-24(14-20)19(25)10-23-7-6-22-15-23/h1-4,6-7,15-16H,5,8-14H2. The quantitative estimate of drug-likeness (QED) is 0.699. The Kier molecular flexibility index (Phi) is 5.22. The Balaban J connectivity index is 1.16. The van der Waals surface area contributed by atoms with Gasteiger partial charge in [-0.2, -0.15) is 0 Å². The van der Waals surface area contributed by atoms with Crippen molar-refractivity contribution in [2.24, 2.45) is 5.92 Å². The van der Waals surface area contributed by atoms with Gasteiger partial charge in [0.05, 0.1) is 32.6 Å². The van der Waals surface area contributed by atoms with E-state index in [-0.39, 0.29) is 17.3 Å². The molecule has 0 aliphatic carbocycles. The molecular formula is C20H24FN3O3. The van der Waals surface area contributed by atoms with Gasteiger partial charge in [-0.1, -0.05) is 18.2 Å². The molecular weight excluding hydrogens is 349 g/mol. The molecule has 6 nitrogen and oxygen atoms in total. The van der Waals surface area contributed by atoms with E-state index in [0.717, 1.165) is 12.8 Å². The number of aromatic nitrogens is 2. The van der Waals surface area contributed by atoms with E-state index in [9.17, 15) is 9.18 Å². The summed E-state index contributed by atoms with van der Waals surface area (Å²) in [5.41, 5.74) is 0.406. The van der Waals surface area contributed by atoms with Gasteiger partial charge in [0.25, 0.3) is 0 Å². The summed E-state index contributed by atoms with van der Waals surface area (Å²) in [6.07, 6.45) is 6.95. The molecule has 1 aromatic heterocycles. The Morgan fingerprint density at radius 1 is 1.37 bits per heavy atom. The number of amides is 1. The van der Waals surface area contributed by atoms with Crippen LogP contribution in [0.4, 0.5) is 4.39 Å². The molecule has 2 aliphatic rings. The molecule has 4 rings (SSSR count). The lowest BCUT2D eigenvalue weighted by atomic mass is 9.86. The van der Waals surface area contributed by atoms with E-state index < -0.39 is 0 Å². The second kappa shape index (κ2) is 7.78. The monoisotopic (exact) mass is 373 g/mol. The van der Waals surface area contributed by atoms with Crippen LogP contribution in [0.5, 0.6) is 0 Å². The molecule has 2 fully saturated rings. The highest BCUT2D eigenvalue weighted by Crippen LogP contribution is 2.39. The lowest BCUT2D eigenvalue weighted by Gasteiger charge is -2.47. The third-order valence-corrected chi connectivity index (χ3v) is 5.36. The van der Waals surface area contributed by atoms with Gasteiger partial charge in [0.15, 0.2) is 0 Å². The number of carbonyl (C=O) groups excluding carboxylic acids is 1. The average Bonchev–Trinajstić information content (AvgIpc) is 3.28. The predicted molar refractivity (Wildman–Crippen MR) is 96.3 cm³/mol. The Labute approximate surface area is 157 Å². The van der Waals surface area contributed by atoms with Crippen molar-refractivity contribution < 1.29 is 18.7 Å². The summed E-state index contributed by atoms with van der Waals surface area (Å²) in [4.78, 5) is 18.1. The summed E-state index contributed by atoms with van der Waals surface area (Å²) in [5.74, 6) is 0.297. The van der Waals surface area contributed by atoms with Gasteiger partial charge >= 0.3 is 0 Å². The highest BCUT2D eigenvalue weighted by atomic mass is 19.1. The summed E-state index contributed by atoms with van der Waals surface area (Å²) in [6.45, 7) is 3.22. The SMILES string of the molecule is O=C(Cn1ccnc1)N1CC2(CC(CCOCc3ccccc3F)CO2)C1. The lowest BCUT2D eigenvalue weighted by Crippen LogP contribution is -2.63. The van der Waals surface area contributed by atoms with Crippen molar-refractivity contribution in [2.75, 3.05) is 26.3 Å². The maximum absolute atomic E-state index is 13.6. The minimum absolute atomic E-state index is 0.0962. The zero-order valence-corrected chi connectivity index (χ0v) is 15.2. The van der Waals surface area contributed by atoms with Crippen molar-refractivity contribution in [3.05, 3.63) is 54.4 Å². The maximum atomic E-state index is 13.6. The second-order valence-electron chi connectivity index (χ2n) is 7.48. The minimum atomic E-state index is -0.226. The fraction of sp³-hybridized carbons (Fsp3) is 0.500. The first-order chi connectivity index (χ1) is 13.1.